The lowest BCUT2D eigenvalue weighted by molar-refractivity contribution is -0.118. The van der Waals surface area contributed by atoms with Crippen LogP contribution in [0.25, 0.3) is 0 Å². The first-order valence-corrected chi connectivity index (χ1v) is 5.54. The van der Waals surface area contributed by atoms with E-state index < -0.39 is 12.0 Å². The fourth-order valence-corrected chi connectivity index (χ4v) is 1.66. The van der Waals surface area contributed by atoms with E-state index in [0.29, 0.717) is 6.42 Å². The van der Waals surface area contributed by atoms with Gasteiger partial charge in [-0.05, 0) is 12.0 Å². The van der Waals surface area contributed by atoms with Gasteiger partial charge in [0.15, 0.2) is 0 Å². The fourth-order valence-electron chi connectivity index (χ4n) is 1.66. The molecule has 1 atom stereocenters. The van der Waals surface area contributed by atoms with E-state index in [4.69, 9.17) is 16.6 Å². The van der Waals surface area contributed by atoms with Gasteiger partial charge in [0.25, 0.3) is 0 Å². The summed E-state index contributed by atoms with van der Waals surface area (Å²) < 4.78 is 0. The van der Waals surface area contributed by atoms with Crippen LogP contribution in [0.4, 0.5) is 4.79 Å². The van der Waals surface area contributed by atoms with Gasteiger partial charge in [-0.2, -0.15) is 0 Å². The first kappa shape index (κ1) is 14.0. The van der Waals surface area contributed by atoms with Crippen LogP contribution in [-0.2, 0) is 11.2 Å². The molecule has 0 saturated carbocycles. The van der Waals surface area contributed by atoms with E-state index in [-0.39, 0.29) is 19.1 Å². The van der Waals surface area contributed by atoms with E-state index in [1.54, 1.807) is 0 Å². The molecule has 0 aliphatic heterocycles. The Balaban J connectivity index is 2.53. The van der Waals surface area contributed by atoms with Crippen LogP contribution >= 0.6 is 0 Å². The van der Waals surface area contributed by atoms with Crippen molar-refractivity contribution in [1.29, 1.82) is 0 Å². The molecule has 98 valence electrons. The predicted octanol–water partition coefficient (Wildman–Crippen LogP) is 0.0217. The lowest BCUT2D eigenvalue weighted by Gasteiger charge is -2.21. The molecular weight excluding hydrogens is 234 g/mol. The number of hydrogen-bond acceptors (Lipinski definition) is 3. The molecule has 0 aliphatic carbocycles. The summed E-state index contributed by atoms with van der Waals surface area (Å²) in [6.45, 7) is -0.259. The summed E-state index contributed by atoms with van der Waals surface area (Å²) in [6, 6.07) is 9.13. The second-order valence-corrected chi connectivity index (χ2v) is 4.08. The second-order valence-electron chi connectivity index (χ2n) is 4.08. The third kappa shape index (κ3) is 4.84. The highest BCUT2D eigenvalue weighted by atomic mass is 16.4. The van der Waals surface area contributed by atoms with Gasteiger partial charge in [-0.3, -0.25) is 9.69 Å². The number of nitrogens with zero attached hydrogens (tertiary/aromatic N) is 1. The van der Waals surface area contributed by atoms with Crippen molar-refractivity contribution in [3.05, 3.63) is 35.9 Å². The van der Waals surface area contributed by atoms with Crippen molar-refractivity contribution in [3.8, 4) is 0 Å². The van der Waals surface area contributed by atoms with Gasteiger partial charge in [-0.25, -0.2) is 4.79 Å². The normalized spacial score (nSPS) is 11.8. The summed E-state index contributed by atoms with van der Waals surface area (Å²) in [6.07, 6.45) is -0.652. The Kier molecular flexibility index (Phi) is 5.13. The molecule has 1 aromatic carbocycles. The van der Waals surface area contributed by atoms with Crippen molar-refractivity contribution < 1.29 is 14.7 Å². The number of carboxylic acid groups (broad SMARTS) is 1. The summed E-state index contributed by atoms with van der Waals surface area (Å²) in [7, 11) is 0. The molecular formula is C12H17N3O3. The van der Waals surface area contributed by atoms with Crippen LogP contribution in [0.3, 0.4) is 0 Å². The number of nitrogens with two attached hydrogens (primary N) is 2. The molecule has 2 amide bonds. The summed E-state index contributed by atoms with van der Waals surface area (Å²) in [5.41, 5.74) is 11.9. The first-order valence-electron chi connectivity index (χ1n) is 5.54. The summed E-state index contributed by atoms with van der Waals surface area (Å²) in [4.78, 5) is 22.5. The Hall–Kier alpha value is -2.08. The van der Waals surface area contributed by atoms with Gasteiger partial charge >= 0.3 is 6.09 Å². The molecule has 0 unspecified atom stereocenters. The van der Waals surface area contributed by atoms with Crippen molar-refractivity contribution in [3.63, 3.8) is 0 Å². The van der Waals surface area contributed by atoms with Crippen LogP contribution in [0.5, 0.6) is 0 Å². The minimum Gasteiger partial charge on any atom is -0.465 e. The van der Waals surface area contributed by atoms with E-state index in [0.717, 1.165) is 10.5 Å². The maximum absolute atomic E-state index is 10.9. The molecule has 0 fully saturated rings. The third-order valence-corrected chi connectivity index (χ3v) is 2.41. The quantitative estimate of drug-likeness (QED) is 0.662. The van der Waals surface area contributed by atoms with Crippen LogP contribution in [-0.4, -0.2) is 41.1 Å². The number of carbonyl (C=O) groups excluding carboxylic acids is 1. The van der Waals surface area contributed by atoms with Crippen molar-refractivity contribution in [2.24, 2.45) is 11.5 Å². The minimum atomic E-state index is -1.20. The number of hydrogen-bond donors (Lipinski definition) is 3. The van der Waals surface area contributed by atoms with Crippen LogP contribution in [0, 0.1) is 0 Å². The van der Waals surface area contributed by atoms with Gasteiger partial charge in [0.1, 0.15) is 6.54 Å². The molecule has 0 aromatic heterocycles. The predicted molar refractivity (Wildman–Crippen MR) is 66.9 cm³/mol. The van der Waals surface area contributed by atoms with Crippen molar-refractivity contribution >= 4 is 12.0 Å². The highest BCUT2D eigenvalue weighted by molar-refractivity contribution is 5.80. The van der Waals surface area contributed by atoms with Gasteiger partial charge < -0.3 is 16.6 Å². The van der Waals surface area contributed by atoms with E-state index in [2.05, 4.69) is 0 Å². The number of amides is 2. The Morgan fingerprint density at radius 1 is 1.28 bits per heavy atom. The van der Waals surface area contributed by atoms with E-state index in [1.807, 2.05) is 30.3 Å². The maximum atomic E-state index is 10.9. The summed E-state index contributed by atoms with van der Waals surface area (Å²) >= 11 is 0. The average Bonchev–Trinajstić information content (AvgIpc) is 2.28. The van der Waals surface area contributed by atoms with Gasteiger partial charge in [0.2, 0.25) is 5.91 Å². The Bertz CT molecular complexity index is 408. The molecule has 0 saturated heterocycles. The largest absolute Gasteiger partial charge is 0.465 e. The molecule has 6 heteroatoms. The van der Waals surface area contributed by atoms with Gasteiger partial charge in [-0.15, -0.1) is 0 Å². The Morgan fingerprint density at radius 2 is 1.89 bits per heavy atom. The summed E-state index contributed by atoms with van der Waals surface area (Å²) in [5, 5.41) is 8.90. The van der Waals surface area contributed by atoms with Crippen molar-refractivity contribution in [2.75, 3.05) is 13.1 Å². The second kappa shape index (κ2) is 6.61. The number of primary amides is 1. The minimum absolute atomic E-state index is 0.0766. The monoisotopic (exact) mass is 251 g/mol. The summed E-state index contributed by atoms with van der Waals surface area (Å²) in [5.74, 6) is -0.690. The Morgan fingerprint density at radius 3 is 2.39 bits per heavy atom. The van der Waals surface area contributed by atoms with Crippen LogP contribution in [0.2, 0.25) is 0 Å². The van der Waals surface area contributed by atoms with E-state index in [1.165, 1.54) is 0 Å². The standard InChI is InChI=1S/C12H17N3O3/c13-10(6-9-4-2-1-3-5-9)7-15(12(17)18)8-11(14)16/h1-5,10H,6-8,13H2,(H2,14,16)(H,17,18)/t10-/m0/s1. The third-order valence-electron chi connectivity index (χ3n) is 2.41. The number of rotatable bonds is 6. The number of benzene rings is 1. The van der Waals surface area contributed by atoms with Gasteiger partial charge in [0, 0.05) is 12.6 Å². The highest BCUT2D eigenvalue weighted by Gasteiger charge is 2.17. The zero-order valence-corrected chi connectivity index (χ0v) is 9.95. The molecule has 0 heterocycles. The molecule has 6 nitrogen and oxygen atoms in total. The molecule has 1 rings (SSSR count). The van der Waals surface area contributed by atoms with Crippen LogP contribution in [0.1, 0.15) is 5.56 Å². The zero-order chi connectivity index (χ0) is 13.5. The van der Waals surface area contributed by atoms with E-state index in [9.17, 15) is 9.59 Å². The first-order chi connectivity index (χ1) is 8.49. The van der Waals surface area contributed by atoms with Crippen LogP contribution < -0.4 is 11.5 Å². The van der Waals surface area contributed by atoms with Gasteiger partial charge in [0.05, 0.1) is 0 Å². The lowest BCUT2D eigenvalue weighted by Crippen LogP contribution is -2.45. The zero-order valence-electron chi connectivity index (χ0n) is 9.95. The topological polar surface area (TPSA) is 110 Å². The smallest absolute Gasteiger partial charge is 0.407 e. The van der Waals surface area contributed by atoms with E-state index >= 15 is 0 Å². The number of carbonyl (C=O) groups is 2. The Labute approximate surface area is 105 Å². The highest BCUT2D eigenvalue weighted by Crippen LogP contribution is 2.03. The van der Waals surface area contributed by atoms with Crippen molar-refractivity contribution in [2.45, 2.75) is 12.5 Å². The van der Waals surface area contributed by atoms with Gasteiger partial charge in [-0.1, -0.05) is 30.3 Å². The molecule has 0 spiro atoms. The SMILES string of the molecule is NC(=O)CN(C[C@@H](N)Cc1ccccc1)C(=O)O. The van der Waals surface area contributed by atoms with Crippen LogP contribution in [0.15, 0.2) is 30.3 Å². The maximum Gasteiger partial charge on any atom is 0.407 e. The molecule has 0 aliphatic rings. The lowest BCUT2D eigenvalue weighted by atomic mass is 10.1. The molecule has 0 radical (unpaired) electrons. The fraction of sp³-hybridized carbons (Fsp3) is 0.333. The average molecular weight is 251 g/mol. The molecule has 5 N–H and O–H groups in total. The van der Waals surface area contributed by atoms with Crippen molar-refractivity contribution in [1.82, 2.24) is 4.90 Å². The molecule has 1 aromatic rings. The molecule has 18 heavy (non-hydrogen) atoms. The molecule has 0 bridgehead atoms.